The van der Waals surface area contributed by atoms with Crippen molar-refractivity contribution in [1.82, 2.24) is 5.32 Å². The molecule has 1 N–H and O–H groups in total. The average Bonchev–Trinajstić information content (AvgIpc) is 2.65. The number of sulfone groups is 1. The van der Waals surface area contributed by atoms with E-state index in [1.54, 1.807) is 30.3 Å². The molecule has 2 aromatic rings. The monoisotopic (exact) mass is 389 g/mol. The molecular formula is C21H27NO4S. The molecule has 0 aliphatic carbocycles. The van der Waals surface area contributed by atoms with E-state index in [0.29, 0.717) is 19.4 Å². The molecule has 2 rings (SSSR count). The van der Waals surface area contributed by atoms with Crippen molar-refractivity contribution in [3.05, 3.63) is 59.7 Å². The number of hydrogen-bond acceptors (Lipinski definition) is 4. The zero-order valence-corrected chi connectivity index (χ0v) is 16.7. The summed E-state index contributed by atoms with van der Waals surface area (Å²) in [4.78, 5) is 12.1. The van der Waals surface area contributed by atoms with Crippen molar-refractivity contribution in [3.8, 4) is 5.75 Å². The number of benzene rings is 2. The molecular weight excluding hydrogens is 362 g/mol. The molecule has 0 atom stereocenters. The summed E-state index contributed by atoms with van der Waals surface area (Å²) >= 11 is 0. The Morgan fingerprint density at radius 3 is 2.52 bits per heavy atom. The summed E-state index contributed by atoms with van der Waals surface area (Å²) in [6.45, 7) is 4.70. The van der Waals surface area contributed by atoms with E-state index >= 15 is 0 Å². The van der Waals surface area contributed by atoms with Gasteiger partial charge >= 0.3 is 0 Å². The van der Waals surface area contributed by atoms with Crippen molar-refractivity contribution in [1.29, 1.82) is 0 Å². The maximum atomic E-state index is 12.1. The number of carbonyl (C=O) groups is 1. The number of aryl methyl sites for hydroxylation is 2. The standard InChI is InChI=1S/C21H27NO4S/c1-17-11-12-18(2)20(16-17)26-14-7-6-10-21(23)22-13-15-27(24,25)19-8-4-3-5-9-19/h3-5,8-9,11-12,16H,6-7,10,13-15H2,1-2H3,(H,22,23). The van der Waals surface area contributed by atoms with Crippen LogP contribution >= 0.6 is 0 Å². The minimum atomic E-state index is -3.36. The molecule has 0 aliphatic heterocycles. The van der Waals surface area contributed by atoms with Crippen molar-refractivity contribution in [2.24, 2.45) is 0 Å². The summed E-state index contributed by atoms with van der Waals surface area (Å²) < 4.78 is 30.0. The van der Waals surface area contributed by atoms with Crippen LogP contribution in [0.3, 0.4) is 0 Å². The van der Waals surface area contributed by atoms with Gasteiger partial charge in [0.2, 0.25) is 5.91 Å². The molecule has 0 radical (unpaired) electrons. The number of unbranched alkanes of at least 4 members (excludes halogenated alkanes) is 1. The average molecular weight is 390 g/mol. The Bertz CT molecular complexity index is 848. The van der Waals surface area contributed by atoms with E-state index in [-0.39, 0.29) is 23.1 Å². The molecule has 0 saturated heterocycles. The van der Waals surface area contributed by atoms with Gasteiger partial charge in [-0.05, 0) is 56.0 Å². The van der Waals surface area contributed by atoms with Gasteiger partial charge in [0.1, 0.15) is 5.75 Å². The number of ether oxygens (including phenoxy) is 1. The van der Waals surface area contributed by atoms with Gasteiger partial charge in [-0.15, -0.1) is 0 Å². The maximum absolute atomic E-state index is 12.1. The van der Waals surface area contributed by atoms with Gasteiger partial charge in [-0.1, -0.05) is 30.3 Å². The van der Waals surface area contributed by atoms with E-state index in [2.05, 4.69) is 5.32 Å². The van der Waals surface area contributed by atoms with Crippen LogP contribution in [0.25, 0.3) is 0 Å². The molecule has 0 heterocycles. The molecule has 0 bridgehead atoms. The topological polar surface area (TPSA) is 72.5 Å². The van der Waals surface area contributed by atoms with Crippen LogP contribution in [0.1, 0.15) is 30.4 Å². The zero-order valence-electron chi connectivity index (χ0n) is 15.9. The molecule has 0 aromatic heterocycles. The lowest BCUT2D eigenvalue weighted by Gasteiger charge is -2.10. The van der Waals surface area contributed by atoms with Crippen LogP contribution in [0.2, 0.25) is 0 Å². The minimum absolute atomic E-state index is 0.0987. The summed E-state index contributed by atoms with van der Waals surface area (Å²) in [6.07, 6.45) is 1.83. The van der Waals surface area contributed by atoms with Gasteiger partial charge in [-0.3, -0.25) is 4.79 Å². The highest BCUT2D eigenvalue weighted by Gasteiger charge is 2.13. The fraction of sp³-hybridized carbons (Fsp3) is 0.381. The van der Waals surface area contributed by atoms with Gasteiger partial charge in [-0.2, -0.15) is 0 Å². The number of rotatable bonds is 10. The Hall–Kier alpha value is -2.34. The van der Waals surface area contributed by atoms with Gasteiger partial charge < -0.3 is 10.1 Å². The summed E-state index contributed by atoms with van der Waals surface area (Å²) in [5.41, 5.74) is 2.25. The fourth-order valence-electron chi connectivity index (χ4n) is 2.59. The highest BCUT2D eigenvalue weighted by atomic mass is 32.2. The third-order valence-electron chi connectivity index (χ3n) is 4.19. The Morgan fingerprint density at radius 2 is 1.78 bits per heavy atom. The van der Waals surface area contributed by atoms with Crippen molar-refractivity contribution in [2.45, 2.75) is 38.0 Å². The van der Waals surface area contributed by atoms with Gasteiger partial charge in [-0.25, -0.2) is 8.42 Å². The second-order valence-electron chi connectivity index (χ2n) is 6.56. The molecule has 0 saturated carbocycles. The number of amides is 1. The van der Waals surface area contributed by atoms with Crippen LogP contribution in [-0.4, -0.2) is 33.2 Å². The first-order valence-electron chi connectivity index (χ1n) is 9.13. The SMILES string of the molecule is Cc1ccc(C)c(OCCCCC(=O)NCCS(=O)(=O)c2ccccc2)c1. The summed E-state index contributed by atoms with van der Waals surface area (Å²) in [6, 6.07) is 14.4. The predicted octanol–water partition coefficient (Wildman–Crippen LogP) is 3.44. The van der Waals surface area contributed by atoms with Crippen molar-refractivity contribution >= 4 is 15.7 Å². The van der Waals surface area contributed by atoms with Crippen LogP contribution in [0.5, 0.6) is 5.75 Å². The summed E-state index contributed by atoms with van der Waals surface area (Å²) in [5, 5.41) is 2.67. The Kier molecular flexibility index (Phi) is 7.85. The fourth-order valence-corrected chi connectivity index (χ4v) is 3.77. The van der Waals surface area contributed by atoms with E-state index < -0.39 is 9.84 Å². The summed E-state index contributed by atoms with van der Waals surface area (Å²) in [7, 11) is -3.36. The first kappa shape index (κ1) is 21.0. The lowest BCUT2D eigenvalue weighted by molar-refractivity contribution is -0.121. The minimum Gasteiger partial charge on any atom is -0.493 e. The quantitative estimate of drug-likeness (QED) is 0.632. The molecule has 6 heteroatoms. The van der Waals surface area contributed by atoms with Crippen molar-refractivity contribution in [3.63, 3.8) is 0 Å². The van der Waals surface area contributed by atoms with Crippen LogP contribution < -0.4 is 10.1 Å². The second-order valence-corrected chi connectivity index (χ2v) is 8.67. The smallest absolute Gasteiger partial charge is 0.220 e. The van der Waals surface area contributed by atoms with E-state index in [9.17, 15) is 13.2 Å². The van der Waals surface area contributed by atoms with E-state index in [4.69, 9.17) is 4.74 Å². The van der Waals surface area contributed by atoms with E-state index in [0.717, 1.165) is 23.3 Å². The van der Waals surface area contributed by atoms with Gasteiger partial charge in [0, 0.05) is 13.0 Å². The Morgan fingerprint density at radius 1 is 1.04 bits per heavy atom. The lowest BCUT2D eigenvalue weighted by atomic mass is 10.1. The number of hydrogen-bond donors (Lipinski definition) is 1. The maximum Gasteiger partial charge on any atom is 0.220 e. The second kappa shape index (κ2) is 10.1. The molecule has 0 fully saturated rings. The highest BCUT2D eigenvalue weighted by Crippen LogP contribution is 2.19. The van der Waals surface area contributed by atoms with E-state index in [1.807, 2.05) is 32.0 Å². The van der Waals surface area contributed by atoms with Crippen molar-refractivity contribution in [2.75, 3.05) is 18.9 Å². The molecule has 5 nitrogen and oxygen atoms in total. The number of carbonyl (C=O) groups excluding carboxylic acids is 1. The first-order chi connectivity index (χ1) is 12.9. The number of nitrogens with one attached hydrogen (secondary N) is 1. The van der Waals surface area contributed by atoms with Gasteiger partial charge in [0.25, 0.3) is 0 Å². The third-order valence-corrected chi connectivity index (χ3v) is 5.93. The van der Waals surface area contributed by atoms with Gasteiger partial charge in [0.15, 0.2) is 9.84 Å². The van der Waals surface area contributed by atoms with E-state index in [1.165, 1.54) is 0 Å². The van der Waals surface area contributed by atoms with Crippen LogP contribution in [0.15, 0.2) is 53.4 Å². The molecule has 1 amide bonds. The van der Waals surface area contributed by atoms with Crippen molar-refractivity contribution < 1.29 is 17.9 Å². The van der Waals surface area contributed by atoms with Crippen LogP contribution in [0.4, 0.5) is 0 Å². The van der Waals surface area contributed by atoms with Crippen LogP contribution in [-0.2, 0) is 14.6 Å². The molecule has 27 heavy (non-hydrogen) atoms. The normalized spacial score (nSPS) is 11.2. The molecule has 2 aromatic carbocycles. The lowest BCUT2D eigenvalue weighted by Crippen LogP contribution is -2.29. The predicted molar refractivity (Wildman–Crippen MR) is 107 cm³/mol. The zero-order chi connectivity index (χ0) is 19.7. The summed E-state index contributed by atoms with van der Waals surface area (Å²) in [5.74, 6) is 0.647. The highest BCUT2D eigenvalue weighted by molar-refractivity contribution is 7.91. The Labute approximate surface area is 161 Å². The Balaban J connectivity index is 1.62. The van der Waals surface area contributed by atoms with Gasteiger partial charge in [0.05, 0.1) is 17.3 Å². The molecule has 0 unspecified atom stereocenters. The van der Waals surface area contributed by atoms with Crippen LogP contribution in [0, 0.1) is 13.8 Å². The third kappa shape index (κ3) is 7.06. The molecule has 0 spiro atoms. The molecule has 0 aliphatic rings. The molecule has 146 valence electrons. The first-order valence-corrected chi connectivity index (χ1v) is 10.8. The largest absolute Gasteiger partial charge is 0.493 e.